The number of benzene rings is 1. The predicted molar refractivity (Wildman–Crippen MR) is 92.6 cm³/mol. The van der Waals surface area contributed by atoms with Gasteiger partial charge in [-0.1, -0.05) is 18.2 Å². The number of ether oxygens (including phenoxy) is 1. The van der Waals surface area contributed by atoms with Gasteiger partial charge in [-0.25, -0.2) is 4.79 Å². The lowest BCUT2D eigenvalue weighted by atomic mass is 10.1. The molecule has 0 radical (unpaired) electrons. The minimum Gasteiger partial charge on any atom is -0.449 e. The Bertz CT molecular complexity index is 949. The first kappa shape index (κ1) is 18.8. The summed E-state index contributed by atoms with van der Waals surface area (Å²) in [6.45, 7) is 1.56. The van der Waals surface area contributed by atoms with E-state index in [1.165, 1.54) is 29.5 Å². The lowest BCUT2D eigenvalue weighted by molar-refractivity contribution is -0.143. The summed E-state index contributed by atoms with van der Waals surface area (Å²) in [4.78, 5) is 12.7. The van der Waals surface area contributed by atoms with E-state index in [9.17, 15) is 18.0 Å². The van der Waals surface area contributed by atoms with E-state index in [1.54, 1.807) is 6.92 Å². The Morgan fingerprint density at radius 3 is 2.78 bits per heavy atom. The summed E-state index contributed by atoms with van der Waals surface area (Å²) in [7, 11) is 0. The normalized spacial score (nSPS) is 13.0. The third-order valence-corrected chi connectivity index (χ3v) is 4.30. The van der Waals surface area contributed by atoms with Gasteiger partial charge >= 0.3 is 12.1 Å². The number of hydrogen-bond donors (Lipinski definition) is 0. The molecule has 0 fully saturated rings. The third-order valence-electron chi connectivity index (χ3n) is 3.44. The molecule has 0 spiro atoms. The van der Waals surface area contributed by atoms with Crippen LogP contribution in [-0.2, 0) is 15.7 Å². The molecule has 5 nitrogen and oxygen atoms in total. The zero-order chi connectivity index (χ0) is 19.4. The van der Waals surface area contributed by atoms with Gasteiger partial charge < -0.3 is 9.15 Å². The SMILES string of the molecule is C[C@@H](OC(=O)/C=C/c1cccc(C(F)(F)F)c1)c1nnc(-c2cccs2)o1. The highest BCUT2D eigenvalue weighted by Crippen LogP contribution is 2.30. The molecule has 2 aromatic heterocycles. The van der Waals surface area contributed by atoms with Gasteiger partial charge in [0.25, 0.3) is 11.8 Å². The molecule has 3 rings (SSSR count). The highest BCUT2D eigenvalue weighted by Gasteiger charge is 2.30. The summed E-state index contributed by atoms with van der Waals surface area (Å²) in [6, 6.07) is 8.27. The second-order valence-electron chi connectivity index (χ2n) is 5.46. The summed E-state index contributed by atoms with van der Waals surface area (Å²) < 4.78 is 48.7. The van der Waals surface area contributed by atoms with Crippen LogP contribution in [-0.4, -0.2) is 16.2 Å². The predicted octanol–water partition coefficient (Wildman–Crippen LogP) is 5.13. The second kappa shape index (κ2) is 7.75. The molecule has 0 bridgehead atoms. The van der Waals surface area contributed by atoms with Crippen LogP contribution >= 0.6 is 11.3 Å². The molecule has 0 aliphatic rings. The maximum absolute atomic E-state index is 12.7. The van der Waals surface area contributed by atoms with Gasteiger partial charge in [0.1, 0.15) is 0 Å². The molecule has 27 heavy (non-hydrogen) atoms. The standard InChI is InChI=1S/C18H13F3N2O3S/c1-11(16-22-23-17(26-16)14-6-3-9-27-14)25-15(24)8-7-12-4-2-5-13(10-12)18(19,20)21/h2-11H,1H3/b8-7+/t11-/m1/s1. The zero-order valence-corrected chi connectivity index (χ0v) is 14.8. The Kier molecular flexibility index (Phi) is 5.41. The van der Waals surface area contributed by atoms with E-state index in [0.29, 0.717) is 5.89 Å². The quantitative estimate of drug-likeness (QED) is 0.443. The fourth-order valence-corrected chi connectivity index (χ4v) is 2.79. The van der Waals surface area contributed by atoms with Crippen molar-refractivity contribution in [1.29, 1.82) is 0 Å². The summed E-state index contributed by atoms with van der Waals surface area (Å²) in [5.41, 5.74) is -0.564. The summed E-state index contributed by atoms with van der Waals surface area (Å²) in [5, 5.41) is 9.60. The minimum absolute atomic E-state index is 0.124. The molecule has 9 heteroatoms. The van der Waals surface area contributed by atoms with Gasteiger partial charge in [-0.05, 0) is 42.1 Å². The maximum atomic E-state index is 12.7. The van der Waals surface area contributed by atoms with Gasteiger partial charge in [0.05, 0.1) is 10.4 Å². The number of halogens is 3. The monoisotopic (exact) mass is 394 g/mol. The molecule has 0 saturated carbocycles. The van der Waals surface area contributed by atoms with Crippen LogP contribution in [0.2, 0.25) is 0 Å². The van der Waals surface area contributed by atoms with Gasteiger partial charge in [0.15, 0.2) is 6.10 Å². The first-order chi connectivity index (χ1) is 12.8. The van der Waals surface area contributed by atoms with Crippen LogP contribution in [0.25, 0.3) is 16.8 Å². The molecule has 0 N–H and O–H groups in total. The molecule has 2 heterocycles. The highest BCUT2D eigenvalue weighted by molar-refractivity contribution is 7.13. The van der Waals surface area contributed by atoms with Crippen molar-refractivity contribution in [3.63, 3.8) is 0 Å². The van der Waals surface area contributed by atoms with Gasteiger partial charge in [-0.2, -0.15) is 13.2 Å². The number of hydrogen-bond acceptors (Lipinski definition) is 6. The molecule has 140 valence electrons. The molecule has 0 unspecified atom stereocenters. The number of thiophene rings is 1. The topological polar surface area (TPSA) is 65.2 Å². The molecular weight excluding hydrogens is 381 g/mol. The largest absolute Gasteiger partial charge is 0.449 e. The second-order valence-corrected chi connectivity index (χ2v) is 6.41. The smallest absolute Gasteiger partial charge is 0.416 e. The lowest BCUT2D eigenvalue weighted by Gasteiger charge is -2.07. The molecule has 1 atom stereocenters. The van der Waals surface area contributed by atoms with E-state index in [0.717, 1.165) is 23.1 Å². The number of nitrogens with zero attached hydrogens (tertiary/aromatic N) is 2. The fourth-order valence-electron chi connectivity index (χ4n) is 2.15. The maximum Gasteiger partial charge on any atom is 0.416 e. The van der Waals surface area contributed by atoms with Crippen LogP contribution in [0, 0.1) is 0 Å². The summed E-state index contributed by atoms with van der Waals surface area (Å²) in [6.07, 6.45) is -2.96. The molecule has 0 aliphatic carbocycles. The first-order valence-corrected chi connectivity index (χ1v) is 8.64. The Labute approximate surface area is 156 Å². The Hall–Kier alpha value is -2.94. The number of aromatic nitrogens is 2. The van der Waals surface area contributed by atoms with Crippen LogP contribution in [0.4, 0.5) is 13.2 Å². The van der Waals surface area contributed by atoms with Crippen LogP contribution < -0.4 is 0 Å². The molecule has 0 aliphatic heterocycles. The Morgan fingerprint density at radius 1 is 1.26 bits per heavy atom. The van der Waals surface area contributed by atoms with Crippen molar-refractivity contribution in [2.45, 2.75) is 19.2 Å². The molecule has 0 amide bonds. The van der Waals surface area contributed by atoms with Gasteiger partial charge in [-0.3, -0.25) is 0 Å². The van der Waals surface area contributed by atoms with Gasteiger partial charge in [0, 0.05) is 6.08 Å². The number of alkyl halides is 3. The van der Waals surface area contributed by atoms with Crippen LogP contribution in [0.5, 0.6) is 0 Å². The van der Waals surface area contributed by atoms with Crippen LogP contribution in [0.3, 0.4) is 0 Å². The average Bonchev–Trinajstić information content (AvgIpc) is 3.30. The summed E-state index contributed by atoms with van der Waals surface area (Å²) >= 11 is 1.43. The van der Waals surface area contributed by atoms with E-state index in [2.05, 4.69) is 10.2 Å². The van der Waals surface area contributed by atoms with Crippen molar-refractivity contribution < 1.29 is 27.1 Å². The van der Waals surface area contributed by atoms with Crippen molar-refractivity contribution in [3.8, 4) is 10.8 Å². The van der Waals surface area contributed by atoms with Crippen molar-refractivity contribution in [3.05, 3.63) is 64.9 Å². The Balaban J connectivity index is 1.63. The van der Waals surface area contributed by atoms with Crippen LogP contribution in [0.1, 0.15) is 30.0 Å². The van der Waals surface area contributed by atoms with Gasteiger partial charge in [0.2, 0.25) is 0 Å². The van der Waals surface area contributed by atoms with Crippen LogP contribution in [0.15, 0.2) is 52.3 Å². The van der Waals surface area contributed by atoms with E-state index < -0.39 is 23.8 Å². The summed E-state index contributed by atoms with van der Waals surface area (Å²) in [5.74, 6) is -0.294. The van der Waals surface area contributed by atoms with E-state index in [-0.39, 0.29) is 11.5 Å². The third kappa shape index (κ3) is 4.82. The number of esters is 1. The lowest BCUT2D eigenvalue weighted by Crippen LogP contribution is -2.06. The molecule has 1 aromatic carbocycles. The van der Waals surface area contributed by atoms with Crippen molar-refractivity contribution in [1.82, 2.24) is 10.2 Å². The minimum atomic E-state index is -4.45. The first-order valence-electron chi connectivity index (χ1n) is 7.76. The number of carbonyl (C=O) groups is 1. The highest BCUT2D eigenvalue weighted by atomic mass is 32.1. The van der Waals surface area contributed by atoms with E-state index in [4.69, 9.17) is 9.15 Å². The van der Waals surface area contributed by atoms with Crippen molar-refractivity contribution >= 4 is 23.4 Å². The average molecular weight is 394 g/mol. The van der Waals surface area contributed by atoms with E-state index in [1.807, 2.05) is 17.5 Å². The van der Waals surface area contributed by atoms with Crippen molar-refractivity contribution in [2.24, 2.45) is 0 Å². The Morgan fingerprint density at radius 2 is 2.07 bits per heavy atom. The molecular formula is C18H13F3N2O3S. The zero-order valence-electron chi connectivity index (χ0n) is 13.9. The van der Waals surface area contributed by atoms with Gasteiger partial charge in [-0.15, -0.1) is 21.5 Å². The van der Waals surface area contributed by atoms with E-state index >= 15 is 0 Å². The molecule has 3 aromatic rings. The van der Waals surface area contributed by atoms with Crippen molar-refractivity contribution in [2.75, 3.05) is 0 Å². The molecule has 0 saturated heterocycles. The number of carbonyl (C=O) groups excluding carboxylic acids is 1. The number of rotatable bonds is 5. The fraction of sp³-hybridized carbons (Fsp3) is 0.167.